The van der Waals surface area contributed by atoms with Gasteiger partial charge in [-0.1, -0.05) is 18.2 Å². The lowest BCUT2D eigenvalue weighted by molar-refractivity contribution is 0.412. The summed E-state index contributed by atoms with van der Waals surface area (Å²) in [5.41, 5.74) is 1.28. The van der Waals surface area contributed by atoms with Crippen LogP contribution in [0.5, 0.6) is 0 Å². The van der Waals surface area contributed by atoms with E-state index in [1.54, 1.807) is 0 Å². The number of hydrogen-bond acceptors (Lipinski definition) is 3. The first-order chi connectivity index (χ1) is 9.46. The fraction of sp³-hybridized carbons (Fsp3) is 0.438. The van der Waals surface area contributed by atoms with Crippen LogP contribution < -0.4 is 5.32 Å². The van der Waals surface area contributed by atoms with Crippen LogP contribution in [0.1, 0.15) is 33.1 Å². The fourth-order valence-corrected chi connectivity index (χ4v) is 2.57. The third-order valence-corrected chi connectivity index (χ3v) is 3.86. The molecule has 0 fully saturated rings. The number of aromatic nitrogens is 1. The molecule has 2 aromatic rings. The number of oxazole rings is 1. The van der Waals surface area contributed by atoms with Crippen LogP contribution in [0.15, 0.2) is 34.9 Å². The van der Waals surface area contributed by atoms with Crippen molar-refractivity contribution >= 4 is 22.6 Å². The van der Waals surface area contributed by atoms with Gasteiger partial charge in [-0.15, -0.1) is 0 Å². The molecular formula is C16H21IN2O. The molecule has 0 atom stereocenters. The Hall–Kier alpha value is -0.880. The van der Waals surface area contributed by atoms with Gasteiger partial charge in [0.05, 0.1) is 6.20 Å². The Bertz CT molecular complexity index is 558. The average molecular weight is 384 g/mol. The van der Waals surface area contributed by atoms with E-state index in [4.69, 9.17) is 4.42 Å². The molecule has 20 heavy (non-hydrogen) atoms. The van der Waals surface area contributed by atoms with E-state index in [9.17, 15) is 0 Å². The van der Waals surface area contributed by atoms with Crippen LogP contribution in [0, 0.1) is 3.57 Å². The SMILES string of the molecule is CC(C)(C)NCCCc1ncc(-c2ccccc2I)o1. The van der Waals surface area contributed by atoms with Crippen molar-refractivity contribution in [2.75, 3.05) is 6.54 Å². The van der Waals surface area contributed by atoms with E-state index in [2.05, 4.69) is 65.8 Å². The Morgan fingerprint density at radius 1 is 1.25 bits per heavy atom. The summed E-state index contributed by atoms with van der Waals surface area (Å²) in [7, 11) is 0. The van der Waals surface area contributed by atoms with Gasteiger partial charge in [0.1, 0.15) is 0 Å². The highest BCUT2D eigenvalue weighted by Crippen LogP contribution is 2.25. The minimum Gasteiger partial charge on any atom is -0.441 e. The lowest BCUT2D eigenvalue weighted by atomic mass is 10.1. The molecule has 2 rings (SSSR count). The van der Waals surface area contributed by atoms with E-state index in [1.807, 2.05) is 18.3 Å². The number of aryl methyl sites for hydroxylation is 1. The third-order valence-electron chi connectivity index (χ3n) is 2.92. The van der Waals surface area contributed by atoms with Crippen LogP contribution in [0.4, 0.5) is 0 Å². The molecule has 4 heteroatoms. The molecule has 108 valence electrons. The zero-order valence-electron chi connectivity index (χ0n) is 12.2. The van der Waals surface area contributed by atoms with Crippen molar-refractivity contribution in [1.29, 1.82) is 0 Å². The van der Waals surface area contributed by atoms with E-state index in [0.717, 1.165) is 36.6 Å². The largest absolute Gasteiger partial charge is 0.441 e. The maximum absolute atomic E-state index is 5.84. The maximum Gasteiger partial charge on any atom is 0.194 e. The zero-order chi connectivity index (χ0) is 14.6. The molecule has 1 N–H and O–H groups in total. The first-order valence-electron chi connectivity index (χ1n) is 6.90. The molecule has 0 unspecified atom stereocenters. The molecule has 0 saturated heterocycles. The second-order valence-corrected chi connectivity index (χ2v) is 7.04. The number of halogens is 1. The monoisotopic (exact) mass is 384 g/mol. The normalized spacial score (nSPS) is 11.8. The average Bonchev–Trinajstić information content (AvgIpc) is 2.83. The van der Waals surface area contributed by atoms with E-state index >= 15 is 0 Å². The summed E-state index contributed by atoms with van der Waals surface area (Å²) in [6, 6.07) is 8.19. The zero-order valence-corrected chi connectivity index (χ0v) is 14.4. The highest BCUT2D eigenvalue weighted by Gasteiger charge is 2.10. The second-order valence-electron chi connectivity index (χ2n) is 5.88. The van der Waals surface area contributed by atoms with Crippen molar-refractivity contribution in [2.45, 2.75) is 39.2 Å². The van der Waals surface area contributed by atoms with Crippen molar-refractivity contribution in [1.82, 2.24) is 10.3 Å². The second kappa shape index (κ2) is 6.72. The summed E-state index contributed by atoms with van der Waals surface area (Å²) in [6.45, 7) is 7.50. The van der Waals surface area contributed by atoms with E-state index < -0.39 is 0 Å². The Balaban J connectivity index is 1.92. The van der Waals surface area contributed by atoms with Gasteiger partial charge in [0.15, 0.2) is 11.7 Å². The number of hydrogen-bond donors (Lipinski definition) is 1. The molecule has 0 saturated carbocycles. The van der Waals surface area contributed by atoms with Crippen LogP contribution in [-0.4, -0.2) is 17.1 Å². The molecule has 1 heterocycles. The Labute approximate surface area is 134 Å². The van der Waals surface area contributed by atoms with Gasteiger partial charge in [-0.2, -0.15) is 0 Å². The molecule has 0 aliphatic carbocycles. The summed E-state index contributed by atoms with van der Waals surface area (Å²) in [6.07, 6.45) is 3.72. The Morgan fingerprint density at radius 3 is 2.70 bits per heavy atom. The van der Waals surface area contributed by atoms with Gasteiger partial charge in [0.25, 0.3) is 0 Å². The van der Waals surface area contributed by atoms with Gasteiger partial charge < -0.3 is 9.73 Å². The van der Waals surface area contributed by atoms with Gasteiger partial charge >= 0.3 is 0 Å². The van der Waals surface area contributed by atoms with Gasteiger partial charge in [0, 0.05) is 21.1 Å². The van der Waals surface area contributed by atoms with Crippen LogP contribution in [0.25, 0.3) is 11.3 Å². The number of benzene rings is 1. The third kappa shape index (κ3) is 4.59. The molecule has 3 nitrogen and oxygen atoms in total. The Kier molecular flexibility index (Phi) is 5.21. The van der Waals surface area contributed by atoms with Crippen LogP contribution in [0.3, 0.4) is 0 Å². The van der Waals surface area contributed by atoms with Crippen molar-refractivity contribution in [2.24, 2.45) is 0 Å². The number of nitrogens with one attached hydrogen (secondary N) is 1. The standard InChI is InChI=1S/C16H21IN2O/c1-16(2,3)19-10-6-9-15-18-11-14(20-15)12-7-4-5-8-13(12)17/h4-5,7-8,11,19H,6,9-10H2,1-3H3. The molecule has 0 aliphatic rings. The lowest BCUT2D eigenvalue weighted by Crippen LogP contribution is -2.36. The summed E-state index contributed by atoms with van der Waals surface area (Å²) < 4.78 is 7.02. The molecule has 1 aromatic carbocycles. The number of nitrogens with zero attached hydrogens (tertiary/aromatic N) is 1. The molecule has 0 radical (unpaired) electrons. The molecule has 0 bridgehead atoms. The quantitative estimate of drug-likeness (QED) is 0.618. The van der Waals surface area contributed by atoms with Crippen molar-refractivity contribution in [3.05, 3.63) is 39.9 Å². The van der Waals surface area contributed by atoms with Gasteiger partial charge in [0.2, 0.25) is 0 Å². The molecular weight excluding hydrogens is 363 g/mol. The predicted molar refractivity (Wildman–Crippen MR) is 90.7 cm³/mol. The van der Waals surface area contributed by atoms with Crippen LogP contribution in [0.2, 0.25) is 0 Å². The summed E-state index contributed by atoms with van der Waals surface area (Å²) in [5.74, 6) is 1.67. The van der Waals surface area contributed by atoms with Crippen LogP contribution in [-0.2, 0) is 6.42 Å². The predicted octanol–water partition coefficient (Wildman–Crippen LogP) is 4.27. The smallest absolute Gasteiger partial charge is 0.194 e. The van der Waals surface area contributed by atoms with E-state index in [0.29, 0.717) is 0 Å². The topological polar surface area (TPSA) is 38.1 Å². The maximum atomic E-state index is 5.84. The first-order valence-corrected chi connectivity index (χ1v) is 7.98. The van der Waals surface area contributed by atoms with E-state index in [1.165, 1.54) is 3.57 Å². The fourth-order valence-electron chi connectivity index (χ4n) is 1.91. The highest BCUT2D eigenvalue weighted by atomic mass is 127. The molecule has 0 amide bonds. The summed E-state index contributed by atoms with van der Waals surface area (Å²) >= 11 is 2.32. The number of rotatable bonds is 5. The molecule has 0 spiro atoms. The van der Waals surface area contributed by atoms with E-state index in [-0.39, 0.29) is 5.54 Å². The lowest BCUT2D eigenvalue weighted by Gasteiger charge is -2.20. The van der Waals surface area contributed by atoms with Gasteiger partial charge in [-0.25, -0.2) is 4.98 Å². The van der Waals surface area contributed by atoms with Crippen molar-refractivity contribution < 1.29 is 4.42 Å². The van der Waals surface area contributed by atoms with Crippen molar-refractivity contribution in [3.63, 3.8) is 0 Å². The van der Waals surface area contributed by atoms with Gasteiger partial charge in [-0.3, -0.25) is 0 Å². The van der Waals surface area contributed by atoms with Gasteiger partial charge in [-0.05, 0) is 62.4 Å². The minimum atomic E-state index is 0.169. The highest BCUT2D eigenvalue weighted by molar-refractivity contribution is 14.1. The Morgan fingerprint density at radius 2 is 2.00 bits per heavy atom. The summed E-state index contributed by atoms with van der Waals surface area (Å²) in [4.78, 5) is 4.37. The molecule has 0 aliphatic heterocycles. The van der Waals surface area contributed by atoms with Crippen molar-refractivity contribution in [3.8, 4) is 11.3 Å². The summed E-state index contributed by atoms with van der Waals surface area (Å²) in [5, 5.41) is 3.47. The first kappa shape index (κ1) is 15.5. The molecule has 1 aromatic heterocycles. The van der Waals surface area contributed by atoms with Crippen LogP contribution >= 0.6 is 22.6 Å². The minimum absolute atomic E-state index is 0.169.